The van der Waals surface area contributed by atoms with Crippen molar-refractivity contribution in [3.63, 3.8) is 0 Å². The Morgan fingerprint density at radius 2 is 1.94 bits per heavy atom. The second-order valence-corrected chi connectivity index (χ2v) is 7.37. The molecule has 0 bridgehead atoms. The quantitative estimate of drug-likeness (QED) is 0.915. The van der Waals surface area contributed by atoms with Crippen molar-refractivity contribution in [2.45, 2.75) is 39.2 Å². The van der Waals surface area contributed by atoms with Crippen LogP contribution in [0.4, 0.5) is 5.69 Å². The Hall–Kier alpha value is -1.03. The van der Waals surface area contributed by atoms with E-state index in [1.54, 1.807) is 0 Å². The van der Waals surface area contributed by atoms with Gasteiger partial charge < -0.3 is 5.32 Å². The summed E-state index contributed by atoms with van der Waals surface area (Å²) < 4.78 is 22.7. The van der Waals surface area contributed by atoms with Gasteiger partial charge in [0, 0.05) is 11.7 Å². The lowest BCUT2D eigenvalue weighted by molar-refractivity contribution is 0.559. The topological polar surface area (TPSA) is 46.2 Å². The van der Waals surface area contributed by atoms with Crippen LogP contribution in [0.3, 0.4) is 0 Å². The molecule has 0 unspecified atom stereocenters. The number of rotatable bonds is 3. The van der Waals surface area contributed by atoms with Crippen LogP contribution in [0.2, 0.25) is 0 Å². The Morgan fingerprint density at radius 3 is 2.56 bits per heavy atom. The van der Waals surface area contributed by atoms with Gasteiger partial charge in [0.25, 0.3) is 0 Å². The molecule has 4 heteroatoms. The van der Waals surface area contributed by atoms with E-state index in [9.17, 15) is 8.42 Å². The maximum absolute atomic E-state index is 11.4. The van der Waals surface area contributed by atoms with Crippen LogP contribution in [0.5, 0.6) is 0 Å². The molecule has 100 valence electrons. The molecule has 1 heterocycles. The number of benzene rings is 1. The molecule has 3 nitrogen and oxygen atoms in total. The average Bonchev–Trinajstić information content (AvgIpc) is 2.34. The SMILES string of the molecule is CCc1cc(NC2CCS(=O)(=O)CC2)ccc1C. The van der Waals surface area contributed by atoms with Crippen molar-refractivity contribution in [2.24, 2.45) is 0 Å². The number of nitrogens with one attached hydrogen (secondary N) is 1. The van der Waals surface area contributed by atoms with Gasteiger partial charge in [-0.15, -0.1) is 0 Å². The summed E-state index contributed by atoms with van der Waals surface area (Å²) in [4.78, 5) is 0. The number of aryl methyl sites for hydroxylation is 2. The molecule has 0 radical (unpaired) electrons. The van der Waals surface area contributed by atoms with Crippen molar-refractivity contribution in [1.82, 2.24) is 0 Å². The third-order valence-corrected chi connectivity index (χ3v) is 5.37. The predicted molar refractivity (Wildman–Crippen MR) is 75.9 cm³/mol. The van der Waals surface area contributed by atoms with Crippen molar-refractivity contribution in [2.75, 3.05) is 16.8 Å². The summed E-state index contributed by atoms with van der Waals surface area (Å²) in [6, 6.07) is 6.68. The van der Waals surface area contributed by atoms with E-state index < -0.39 is 9.84 Å². The number of hydrogen-bond acceptors (Lipinski definition) is 3. The first-order valence-corrected chi connectivity index (χ1v) is 8.39. The molecular weight excluding hydrogens is 246 g/mol. The minimum atomic E-state index is -2.77. The van der Waals surface area contributed by atoms with E-state index in [-0.39, 0.29) is 0 Å². The minimum absolute atomic E-state index is 0.293. The van der Waals surface area contributed by atoms with E-state index in [4.69, 9.17) is 0 Å². The molecule has 0 aliphatic carbocycles. The Morgan fingerprint density at radius 1 is 1.28 bits per heavy atom. The fraction of sp³-hybridized carbons (Fsp3) is 0.571. The van der Waals surface area contributed by atoms with Crippen LogP contribution in [-0.2, 0) is 16.3 Å². The van der Waals surface area contributed by atoms with Gasteiger partial charge in [-0.1, -0.05) is 13.0 Å². The van der Waals surface area contributed by atoms with Crippen LogP contribution in [0.25, 0.3) is 0 Å². The minimum Gasteiger partial charge on any atom is -0.382 e. The van der Waals surface area contributed by atoms with Gasteiger partial charge in [0.1, 0.15) is 9.84 Å². The fourth-order valence-electron chi connectivity index (χ4n) is 2.41. The number of anilines is 1. The molecule has 0 aromatic heterocycles. The van der Waals surface area contributed by atoms with Crippen LogP contribution in [-0.4, -0.2) is 26.0 Å². The van der Waals surface area contributed by atoms with Gasteiger partial charge in [-0.05, 0) is 49.4 Å². The summed E-state index contributed by atoms with van der Waals surface area (Å²) in [5, 5.41) is 3.46. The van der Waals surface area contributed by atoms with E-state index in [0.717, 1.165) is 24.9 Å². The first-order chi connectivity index (χ1) is 8.50. The third kappa shape index (κ3) is 3.25. The Labute approximate surface area is 110 Å². The van der Waals surface area contributed by atoms with Gasteiger partial charge in [-0.2, -0.15) is 0 Å². The van der Waals surface area contributed by atoms with Gasteiger partial charge >= 0.3 is 0 Å². The van der Waals surface area contributed by atoms with Gasteiger partial charge in [-0.25, -0.2) is 8.42 Å². The zero-order valence-electron chi connectivity index (χ0n) is 11.1. The van der Waals surface area contributed by atoms with Crippen LogP contribution in [0.1, 0.15) is 30.9 Å². The monoisotopic (exact) mass is 267 g/mol. The van der Waals surface area contributed by atoms with Gasteiger partial charge in [0.05, 0.1) is 11.5 Å². The number of sulfone groups is 1. The molecule has 0 saturated carbocycles. The molecule has 2 rings (SSSR count). The molecule has 0 amide bonds. The maximum Gasteiger partial charge on any atom is 0.150 e. The lowest BCUT2D eigenvalue weighted by Gasteiger charge is -2.24. The fourth-order valence-corrected chi connectivity index (χ4v) is 3.90. The highest BCUT2D eigenvalue weighted by Crippen LogP contribution is 2.20. The molecule has 18 heavy (non-hydrogen) atoms. The van der Waals surface area contributed by atoms with Crippen molar-refractivity contribution in [3.8, 4) is 0 Å². The van der Waals surface area contributed by atoms with Crippen LogP contribution in [0.15, 0.2) is 18.2 Å². The second kappa shape index (κ2) is 5.31. The Kier molecular flexibility index (Phi) is 3.95. The van der Waals surface area contributed by atoms with Crippen LogP contribution >= 0.6 is 0 Å². The molecular formula is C14H21NO2S. The van der Waals surface area contributed by atoms with E-state index in [1.807, 2.05) is 0 Å². The van der Waals surface area contributed by atoms with Crippen LogP contribution < -0.4 is 5.32 Å². The number of hydrogen-bond donors (Lipinski definition) is 1. The first-order valence-electron chi connectivity index (χ1n) is 6.56. The highest BCUT2D eigenvalue weighted by Gasteiger charge is 2.23. The van der Waals surface area contributed by atoms with Gasteiger partial charge in [0.2, 0.25) is 0 Å². The first kappa shape index (κ1) is 13.4. The zero-order chi connectivity index (χ0) is 13.2. The summed E-state index contributed by atoms with van der Waals surface area (Å²) in [6.07, 6.45) is 2.47. The molecule has 1 N–H and O–H groups in total. The van der Waals surface area contributed by atoms with Crippen molar-refractivity contribution in [1.29, 1.82) is 0 Å². The molecule has 1 aromatic carbocycles. The van der Waals surface area contributed by atoms with Crippen molar-refractivity contribution >= 4 is 15.5 Å². The van der Waals surface area contributed by atoms with E-state index in [2.05, 4.69) is 37.4 Å². The molecule has 1 fully saturated rings. The largest absolute Gasteiger partial charge is 0.382 e. The molecule has 1 aromatic rings. The summed E-state index contributed by atoms with van der Waals surface area (Å²) in [7, 11) is -2.77. The van der Waals surface area contributed by atoms with Crippen molar-refractivity contribution < 1.29 is 8.42 Å². The second-order valence-electron chi connectivity index (χ2n) is 5.07. The molecule has 1 saturated heterocycles. The third-order valence-electron chi connectivity index (χ3n) is 3.66. The standard InChI is InChI=1S/C14H21NO2S/c1-3-12-10-14(5-4-11(12)2)15-13-6-8-18(16,17)9-7-13/h4-5,10,13,15H,3,6-9H2,1-2H3. The molecule has 1 aliphatic heterocycles. The lowest BCUT2D eigenvalue weighted by Crippen LogP contribution is -2.32. The van der Waals surface area contributed by atoms with E-state index in [1.165, 1.54) is 11.1 Å². The summed E-state index contributed by atoms with van der Waals surface area (Å²) in [6.45, 7) is 4.27. The van der Waals surface area contributed by atoms with E-state index in [0.29, 0.717) is 17.5 Å². The lowest BCUT2D eigenvalue weighted by atomic mass is 10.0. The Bertz CT molecular complexity index is 509. The molecule has 0 spiro atoms. The normalized spacial score (nSPS) is 19.7. The highest BCUT2D eigenvalue weighted by molar-refractivity contribution is 7.91. The van der Waals surface area contributed by atoms with E-state index >= 15 is 0 Å². The maximum atomic E-state index is 11.4. The predicted octanol–water partition coefficient (Wildman–Crippen LogP) is 2.55. The zero-order valence-corrected chi connectivity index (χ0v) is 11.9. The van der Waals surface area contributed by atoms with Gasteiger partial charge in [-0.3, -0.25) is 0 Å². The van der Waals surface area contributed by atoms with Gasteiger partial charge in [0.15, 0.2) is 0 Å². The summed E-state index contributed by atoms with van der Waals surface area (Å²) >= 11 is 0. The van der Waals surface area contributed by atoms with Crippen molar-refractivity contribution in [3.05, 3.63) is 29.3 Å². The smallest absolute Gasteiger partial charge is 0.150 e. The molecule has 0 atom stereocenters. The van der Waals surface area contributed by atoms with Crippen LogP contribution in [0, 0.1) is 6.92 Å². The highest BCUT2D eigenvalue weighted by atomic mass is 32.2. The average molecular weight is 267 g/mol. The Balaban J connectivity index is 2.02. The summed E-state index contributed by atoms with van der Waals surface area (Å²) in [5.74, 6) is 0.633. The molecule has 1 aliphatic rings. The summed E-state index contributed by atoms with van der Waals surface area (Å²) in [5.41, 5.74) is 3.78.